The Balaban J connectivity index is 2.11. The molecule has 0 spiro atoms. The van der Waals surface area contributed by atoms with Crippen molar-refractivity contribution in [1.29, 1.82) is 0 Å². The van der Waals surface area contributed by atoms with Crippen LogP contribution in [0.4, 0.5) is 0 Å². The van der Waals surface area contributed by atoms with Gasteiger partial charge in [0.1, 0.15) is 5.75 Å². The Bertz CT molecular complexity index is 463. The molecule has 2 rings (SSSR count). The Morgan fingerprint density at radius 1 is 1.19 bits per heavy atom. The largest absolute Gasteiger partial charge is 0.508 e. The minimum absolute atomic E-state index is 0.0121. The third-order valence-electron chi connectivity index (χ3n) is 3.96. The number of aromatic hydroxyl groups is 1. The summed E-state index contributed by atoms with van der Waals surface area (Å²) in [7, 11) is 3.30. The van der Waals surface area contributed by atoms with E-state index in [1.165, 1.54) is 0 Å². The molecule has 1 amide bonds. The molecule has 1 N–H and O–H groups in total. The number of ether oxygens (including phenoxy) is 2. The molecule has 1 heterocycles. The number of rotatable bonds is 6. The summed E-state index contributed by atoms with van der Waals surface area (Å²) >= 11 is 0. The van der Waals surface area contributed by atoms with Gasteiger partial charge in [-0.15, -0.1) is 0 Å². The first-order chi connectivity index (χ1) is 10.2. The molecular weight excluding hydrogens is 270 g/mol. The average molecular weight is 293 g/mol. The SMILES string of the molecule is COC[C@@H]1CC[C@@H](COC)N1C(=O)Cc1ccccc1O. The maximum atomic E-state index is 12.6. The van der Waals surface area contributed by atoms with Gasteiger partial charge in [-0.05, 0) is 18.9 Å². The summed E-state index contributed by atoms with van der Waals surface area (Å²) in [5.41, 5.74) is 0.654. The number of carbonyl (C=O) groups excluding carboxylic acids is 1. The van der Waals surface area contributed by atoms with E-state index in [0.29, 0.717) is 18.8 Å². The number of nitrogens with zero attached hydrogens (tertiary/aromatic N) is 1. The van der Waals surface area contributed by atoms with Gasteiger partial charge in [-0.25, -0.2) is 0 Å². The predicted octanol–water partition coefficient (Wildman–Crippen LogP) is 1.59. The number of likely N-dealkylation sites (tertiary alicyclic amines) is 1. The Labute approximate surface area is 125 Å². The Morgan fingerprint density at radius 3 is 2.29 bits per heavy atom. The minimum Gasteiger partial charge on any atom is -0.508 e. The number of hydrogen-bond acceptors (Lipinski definition) is 4. The number of phenols is 1. The van der Waals surface area contributed by atoms with E-state index in [4.69, 9.17) is 9.47 Å². The van der Waals surface area contributed by atoms with Crippen LogP contribution < -0.4 is 0 Å². The number of methoxy groups -OCH3 is 2. The molecule has 0 radical (unpaired) electrons. The van der Waals surface area contributed by atoms with Crippen molar-refractivity contribution in [2.24, 2.45) is 0 Å². The lowest BCUT2D eigenvalue weighted by molar-refractivity contribution is -0.135. The average Bonchev–Trinajstić information content (AvgIpc) is 2.85. The van der Waals surface area contributed by atoms with Crippen LogP contribution in [0.2, 0.25) is 0 Å². The van der Waals surface area contributed by atoms with Gasteiger partial charge in [0.2, 0.25) is 5.91 Å². The van der Waals surface area contributed by atoms with Crippen molar-refractivity contribution in [2.45, 2.75) is 31.3 Å². The van der Waals surface area contributed by atoms with E-state index >= 15 is 0 Å². The van der Waals surface area contributed by atoms with Crippen molar-refractivity contribution in [3.8, 4) is 5.75 Å². The van der Waals surface area contributed by atoms with E-state index in [0.717, 1.165) is 12.8 Å². The van der Waals surface area contributed by atoms with Crippen LogP contribution in [-0.4, -0.2) is 55.4 Å². The van der Waals surface area contributed by atoms with Crippen LogP contribution in [0, 0.1) is 0 Å². The molecule has 1 aliphatic heterocycles. The number of benzene rings is 1. The zero-order valence-electron chi connectivity index (χ0n) is 12.6. The van der Waals surface area contributed by atoms with Crippen molar-refractivity contribution in [1.82, 2.24) is 4.90 Å². The van der Waals surface area contributed by atoms with E-state index in [1.807, 2.05) is 11.0 Å². The van der Waals surface area contributed by atoms with E-state index in [-0.39, 0.29) is 30.2 Å². The van der Waals surface area contributed by atoms with Gasteiger partial charge in [0.25, 0.3) is 0 Å². The third-order valence-corrected chi connectivity index (χ3v) is 3.96. The first-order valence-corrected chi connectivity index (χ1v) is 7.23. The highest BCUT2D eigenvalue weighted by Crippen LogP contribution is 2.27. The Kier molecular flexibility index (Phi) is 5.59. The lowest BCUT2D eigenvalue weighted by Crippen LogP contribution is -2.45. The zero-order chi connectivity index (χ0) is 15.2. The van der Waals surface area contributed by atoms with Crippen LogP contribution in [0.15, 0.2) is 24.3 Å². The predicted molar refractivity (Wildman–Crippen MR) is 79.2 cm³/mol. The van der Waals surface area contributed by atoms with Crippen LogP contribution in [0.5, 0.6) is 5.75 Å². The fourth-order valence-electron chi connectivity index (χ4n) is 2.99. The Morgan fingerprint density at radius 2 is 1.76 bits per heavy atom. The second-order valence-corrected chi connectivity index (χ2v) is 5.40. The van der Waals surface area contributed by atoms with Crippen LogP contribution in [0.3, 0.4) is 0 Å². The highest BCUT2D eigenvalue weighted by atomic mass is 16.5. The van der Waals surface area contributed by atoms with E-state index in [1.54, 1.807) is 32.4 Å². The lowest BCUT2D eigenvalue weighted by atomic mass is 10.1. The van der Waals surface area contributed by atoms with Crippen molar-refractivity contribution in [2.75, 3.05) is 27.4 Å². The quantitative estimate of drug-likeness (QED) is 0.865. The number of phenolic OH excluding ortho intramolecular Hbond substituents is 1. The highest BCUT2D eigenvalue weighted by Gasteiger charge is 2.36. The maximum absolute atomic E-state index is 12.6. The van der Waals surface area contributed by atoms with Gasteiger partial charge in [0.15, 0.2) is 0 Å². The van der Waals surface area contributed by atoms with Gasteiger partial charge in [0, 0.05) is 19.8 Å². The van der Waals surface area contributed by atoms with E-state index in [2.05, 4.69) is 0 Å². The van der Waals surface area contributed by atoms with Crippen molar-refractivity contribution < 1.29 is 19.4 Å². The molecule has 1 saturated heterocycles. The zero-order valence-corrected chi connectivity index (χ0v) is 12.6. The number of para-hydroxylation sites is 1. The highest BCUT2D eigenvalue weighted by molar-refractivity contribution is 5.80. The number of carbonyl (C=O) groups is 1. The molecule has 5 nitrogen and oxygen atoms in total. The molecular formula is C16H23NO4. The molecule has 0 unspecified atom stereocenters. The van der Waals surface area contributed by atoms with E-state index < -0.39 is 0 Å². The van der Waals surface area contributed by atoms with Gasteiger partial charge in [0.05, 0.1) is 31.7 Å². The van der Waals surface area contributed by atoms with Crippen molar-refractivity contribution in [3.05, 3.63) is 29.8 Å². The van der Waals surface area contributed by atoms with Gasteiger partial charge < -0.3 is 19.5 Å². The number of hydrogen-bond donors (Lipinski definition) is 1. The van der Waals surface area contributed by atoms with E-state index in [9.17, 15) is 9.90 Å². The normalized spacial score (nSPS) is 21.7. The standard InChI is InChI=1S/C16H23NO4/c1-20-10-13-7-8-14(11-21-2)17(13)16(19)9-12-5-3-4-6-15(12)18/h3-6,13-14,18H,7-11H2,1-2H3/t13-,14-/m0/s1. The molecule has 0 saturated carbocycles. The van der Waals surface area contributed by atoms with Crippen LogP contribution in [-0.2, 0) is 20.7 Å². The molecule has 116 valence electrons. The van der Waals surface area contributed by atoms with Crippen LogP contribution in [0.1, 0.15) is 18.4 Å². The second kappa shape index (κ2) is 7.43. The van der Waals surface area contributed by atoms with Crippen LogP contribution >= 0.6 is 0 Å². The fraction of sp³-hybridized carbons (Fsp3) is 0.562. The van der Waals surface area contributed by atoms with Crippen molar-refractivity contribution in [3.63, 3.8) is 0 Å². The maximum Gasteiger partial charge on any atom is 0.227 e. The molecule has 1 aromatic carbocycles. The van der Waals surface area contributed by atoms with Gasteiger partial charge >= 0.3 is 0 Å². The summed E-state index contributed by atoms with van der Waals surface area (Å²) < 4.78 is 10.4. The van der Waals surface area contributed by atoms with Crippen molar-refractivity contribution >= 4 is 5.91 Å². The molecule has 0 bridgehead atoms. The molecule has 1 aromatic rings. The molecule has 5 heteroatoms. The fourth-order valence-corrected chi connectivity index (χ4v) is 2.99. The monoisotopic (exact) mass is 293 g/mol. The summed E-state index contributed by atoms with van der Waals surface area (Å²) in [4.78, 5) is 14.5. The topological polar surface area (TPSA) is 59.0 Å². The molecule has 1 fully saturated rings. The molecule has 0 aromatic heterocycles. The van der Waals surface area contributed by atoms with Gasteiger partial charge in [-0.1, -0.05) is 18.2 Å². The summed E-state index contributed by atoms with van der Waals surface area (Å²) in [6.07, 6.45) is 2.05. The molecule has 1 aliphatic rings. The first kappa shape index (κ1) is 15.8. The summed E-state index contributed by atoms with van der Waals surface area (Å²) in [5, 5.41) is 9.82. The molecule has 0 aliphatic carbocycles. The first-order valence-electron chi connectivity index (χ1n) is 7.23. The lowest BCUT2D eigenvalue weighted by Gasteiger charge is -2.30. The summed E-state index contributed by atoms with van der Waals surface area (Å²) in [6, 6.07) is 7.14. The summed E-state index contributed by atoms with van der Waals surface area (Å²) in [5.74, 6) is 0.176. The minimum atomic E-state index is 0.0121. The smallest absolute Gasteiger partial charge is 0.227 e. The summed E-state index contributed by atoms with van der Waals surface area (Å²) in [6.45, 7) is 1.07. The van der Waals surface area contributed by atoms with Gasteiger partial charge in [-0.2, -0.15) is 0 Å². The molecule has 2 atom stereocenters. The molecule has 21 heavy (non-hydrogen) atoms. The Hall–Kier alpha value is -1.59. The second-order valence-electron chi connectivity index (χ2n) is 5.40. The number of amides is 1. The third kappa shape index (κ3) is 3.74. The van der Waals surface area contributed by atoms with Gasteiger partial charge in [-0.3, -0.25) is 4.79 Å². The van der Waals surface area contributed by atoms with Crippen LogP contribution in [0.25, 0.3) is 0 Å².